The molecule has 0 bridgehead atoms. The number of rotatable bonds is 4. The topological polar surface area (TPSA) is 32.8 Å². The monoisotopic (exact) mass is 382 g/mol. The van der Waals surface area contributed by atoms with Crippen molar-refractivity contribution in [2.75, 3.05) is 32.8 Å². The molecule has 4 rings (SSSR count). The van der Waals surface area contributed by atoms with Crippen molar-refractivity contribution in [2.24, 2.45) is 0 Å². The zero-order valence-corrected chi connectivity index (χ0v) is 16.1. The molecule has 0 radical (unpaired) electrons. The molecule has 28 heavy (non-hydrogen) atoms. The molecule has 148 valence electrons. The molecule has 2 saturated heterocycles. The van der Waals surface area contributed by atoms with E-state index in [1.54, 1.807) is 6.07 Å². The second-order valence-electron chi connectivity index (χ2n) is 7.89. The summed E-state index contributed by atoms with van der Waals surface area (Å²) in [6, 6.07) is 16.8. The fraction of sp³-hybridized carbons (Fsp3) is 0.435. The summed E-state index contributed by atoms with van der Waals surface area (Å²) in [7, 11) is 0. The average molecular weight is 382 g/mol. The minimum Gasteiger partial charge on any atom is -0.377 e. The summed E-state index contributed by atoms with van der Waals surface area (Å²) in [4.78, 5) is 17.5. The van der Waals surface area contributed by atoms with Gasteiger partial charge < -0.3 is 9.64 Å². The molecule has 0 N–H and O–H groups in total. The second kappa shape index (κ2) is 8.41. The largest absolute Gasteiger partial charge is 0.377 e. The summed E-state index contributed by atoms with van der Waals surface area (Å²) in [6.45, 7) is 4.62. The van der Waals surface area contributed by atoms with Gasteiger partial charge in [0.05, 0.1) is 25.2 Å². The Hall–Kier alpha value is -2.24. The fourth-order valence-corrected chi connectivity index (χ4v) is 4.42. The Bertz CT molecular complexity index is 803. The highest BCUT2D eigenvalue weighted by molar-refractivity contribution is 5.79. The van der Waals surface area contributed by atoms with Crippen LogP contribution in [0.4, 0.5) is 4.39 Å². The Balaban J connectivity index is 1.41. The van der Waals surface area contributed by atoms with Crippen molar-refractivity contribution in [2.45, 2.75) is 31.3 Å². The molecule has 2 aromatic rings. The van der Waals surface area contributed by atoms with Crippen LogP contribution in [0.1, 0.15) is 24.0 Å². The summed E-state index contributed by atoms with van der Waals surface area (Å²) in [5, 5.41) is 0. The van der Waals surface area contributed by atoms with Gasteiger partial charge in [0.15, 0.2) is 0 Å². The van der Waals surface area contributed by atoms with Gasteiger partial charge in [-0.15, -0.1) is 0 Å². The van der Waals surface area contributed by atoms with Gasteiger partial charge in [-0.05, 0) is 36.1 Å². The number of nitrogens with zero attached hydrogens (tertiary/aromatic N) is 2. The zero-order chi connectivity index (χ0) is 19.4. The van der Waals surface area contributed by atoms with Crippen molar-refractivity contribution in [1.82, 2.24) is 9.80 Å². The lowest BCUT2D eigenvalue weighted by molar-refractivity contribution is -0.154. The first-order valence-corrected chi connectivity index (χ1v) is 10.0. The molecule has 1 amide bonds. The van der Waals surface area contributed by atoms with Crippen LogP contribution in [-0.2, 0) is 22.5 Å². The van der Waals surface area contributed by atoms with Crippen LogP contribution in [0.2, 0.25) is 0 Å². The quantitative estimate of drug-likeness (QED) is 0.814. The summed E-state index contributed by atoms with van der Waals surface area (Å²) in [6.07, 6.45) is 2.07. The fourth-order valence-electron chi connectivity index (χ4n) is 4.42. The predicted molar refractivity (Wildman–Crippen MR) is 106 cm³/mol. The molecule has 2 aromatic carbocycles. The van der Waals surface area contributed by atoms with Crippen molar-refractivity contribution in [3.8, 4) is 0 Å². The molecule has 2 aliphatic rings. The zero-order valence-electron chi connectivity index (χ0n) is 16.1. The number of ether oxygens (including phenoxy) is 1. The number of carbonyl (C=O) groups is 1. The maximum absolute atomic E-state index is 13.5. The van der Waals surface area contributed by atoms with Gasteiger partial charge in [0.2, 0.25) is 5.91 Å². The maximum atomic E-state index is 13.5. The molecule has 1 spiro atoms. The molecule has 2 heterocycles. The van der Waals surface area contributed by atoms with Crippen LogP contribution in [0, 0.1) is 5.82 Å². The van der Waals surface area contributed by atoms with Gasteiger partial charge in [-0.2, -0.15) is 0 Å². The molecule has 0 saturated carbocycles. The highest BCUT2D eigenvalue weighted by Crippen LogP contribution is 2.33. The molecular formula is C23H27FN2O2. The van der Waals surface area contributed by atoms with Crippen LogP contribution < -0.4 is 0 Å². The highest BCUT2D eigenvalue weighted by atomic mass is 19.1. The van der Waals surface area contributed by atoms with Gasteiger partial charge in [0.25, 0.3) is 0 Å². The van der Waals surface area contributed by atoms with Crippen LogP contribution >= 0.6 is 0 Å². The van der Waals surface area contributed by atoms with E-state index in [2.05, 4.69) is 29.2 Å². The number of halogens is 1. The number of morpholine rings is 1. The van der Waals surface area contributed by atoms with E-state index in [-0.39, 0.29) is 23.7 Å². The van der Waals surface area contributed by atoms with Gasteiger partial charge in [-0.3, -0.25) is 9.69 Å². The normalized spacial score (nSPS) is 19.7. The van der Waals surface area contributed by atoms with E-state index >= 15 is 0 Å². The van der Waals surface area contributed by atoms with Crippen molar-refractivity contribution in [3.63, 3.8) is 0 Å². The maximum Gasteiger partial charge on any atom is 0.227 e. The molecular weight excluding hydrogens is 355 g/mol. The van der Waals surface area contributed by atoms with Gasteiger partial charge in [0.1, 0.15) is 5.82 Å². The third-order valence-corrected chi connectivity index (χ3v) is 5.98. The third-order valence-electron chi connectivity index (χ3n) is 5.98. The first-order valence-electron chi connectivity index (χ1n) is 10.0. The SMILES string of the molecule is O=C(Cc1cccc(F)c1)N1CCOCC12CCN(Cc1ccccc1)CC2. The van der Waals surface area contributed by atoms with Crippen LogP contribution in [0.15, 0.2) is 54.6 Å². The summed E-state index contributed by atoms with van der Waals surface area (Å²) in [5.74, 6) is -0.221. The molecule has 2 fully saturated rings. The van der Waals surface area contributed by atoms with E-state index < -0.39 is 0 Å². The smallest absolute Gasteiger partial charge is 0.227 e. The van der Waals surface area contributed by atoms with E-state index in [9.17, 15) is 9.18 Å². The van der Waals surface area contributed by atoms with Crippen molar-refractivity contribution in [3.05, 3.63) is 71.5 Å². The number of amides is 1. The molecule has 2 aliphatic heterocycles. The van der Waals surface area contributed by atoms with E-state index in [1.807, 2.05) is 17.0 Å². The van der Waals surface area contributed by atoms with E-state index in [0.717, 1.165) is 38.0 Å². The Kier molecular flexibility index (Phi) is 5.74. The third kappa shape index (κ3) is 4.26. The Morgan fingerprint density at radius 2 is 1.75 bits per heavy atom. The number of likely N-dealkylation sites (tertiary alicyclic amines) is 1. The Morgan fingerprint density at radius 3 is 2.50 bits per heavy atom. The van der Waals surface area contributed by atoms with Gasteiger partial charge in [0, 0.05) is 26.2 Å². The lowest BCUT2D eigenvalue weighted by atomic mass is 9.84. The van der Waals surface area contributed by atoms with E-state index in [4.69, 9.17) is 4.74 Å². The van der Waals surface area contributed by atoms with Crippen molar-refractivity contribution >= 4 is 5.91 Å². The minimum atomic E-state index is -0.295. The summed E-state index contributed by atoms with van der Waals surface area (Å²) < 4.78 is 19.3. The average Bonchev–Trinajstić information content (AvgIpc) is 2.71. The Morgan fingerprint density at radius 1 is 1.00 bits per heavy atom. The van der Waals surface area contributed by atoms with E-state index in [1.165, 1.54) is 17.7 Å². The summed E-state index contributed by atoms with van der Waals surface area (Å²) in [5.41, 5.74) is 1.82. The van der Waals surface area contributed by atoms with Crippen LogP contribution in [0.3, 0.4) is 0 Å². The minimum absolute atomic E-state index is 0.0745. The molecule has 0 aliphatic carbocycles. The first kappa shape index (κ1) is 19.1. The van der Waals surface area contributed by atoms with Crippen LogP contribution in [0.5, 0.6) is 0 Å². The molecule has 4 nitrogen and oxygen atoms in total. The molecule has 5 heteroatoms. The molecule has 0 unspecified atom stereocenters. The van der Waals surface area contributed by atoms with E-state index in [0.29, 0.717) is 19.8 Å². The van der Waals surface area contributed by atoms with Gasteiger partial charge >= 0.3 is 0 Å². The second-order valence-corrected chi connectivity index (χ2v) is 7.89. The van der Waals surface area contributed by atoms with Crippen molar-refractivity contribution < 1.29 is 13.9 Å². The standard InChI is InChI=1S/C23H27FN2O2/c24-21-8-4-7-20(15-21)16-22(27)26-13-14-28-18-23(26)9-11-25(12-10-23)17-19-5-2-1-3-6-19/h1-8,15H,9-14,16-18H2. The van der Waals surface area contributed by atoms with Crippen LogP contribution in [-0.4, -0.2) is 54.1 Å². The van der Waals surface area contributed by atoms with Crippen molar-refractivity contribution in [1.29, 1.82) is 0 Å². The number of hydrogen-bond donors (Lipinski definition) is 0. The number of piperidine rings is 1. The van der Waals surface area contributed by atoms with Crippen LogP contribution in [0.25, 0.3) is 0 Å². The number of benzene rings is 2. The van der Waals surface area contributed by atoms with Gasteiger partial charge in [-0.25, -0.2) is 4.39 Å². The lowest BCUT2D eigenvalue weighted by Crippen LogP contribution is -2.63. The van der Waals surface area contributed by atoms with Gasteiger partial charge in [-0.1, -0.05) is 42.5 Å². The summed E-state index contributed by atoms with van der Waals surface area (Å²) >= 11 is 0. The lowest BCUT2D eigenvalue weighted by Gasteiger charge is -2.51. The Labute approximate surface area is 165 Å². The number of hydrogen-bond acceptors (Lipinski definition) is 3. The first-order chi connectivity index (χ1) is 13.6. The predicted octanol–water partition coefficient (Wildman–Crippen LogP) is 3.26. The molecule has 0 aromatic heterocycles. The number of carbonyl (C=O) groups excluding carboxylic acids is 1. The highest BCUT2D eigenvalue weighted by Gasteiger charge is 2.44. The molecule has 0 atom stereocenters.